The van der Waals surface area contributed by atoms with Gasteiger partial charge in [0.2, 0.25) is 0 Å². The second kappa shape index (κ2) is 8.68. The van der Waals surface area contributed by atoms with E-state index < -0.39 is 12.0 Å². The van der Waals surface area contributed by atoms with Gasteiger partial charge in [0.15, 0.2) is 0 Å². The van der Waals surface area contributed by atoms with Gasteiger partial charge in [-0.3, -0.25) is 0 Å². The Morgan fingerprint density at radius 3 is 2.04 bits per heavy atom. The third kappa shape index (κ3) is 6.29. The summed E-state index contributed by atoms with van der Waals surface area (Å²) in [5.41, 5.74) is 1.05. The van der Waals surface area contributed by atoms with Crippen LogP contribution in [0.4, 0.5) is 17.6 Å². The van der Waals surface area contributed by atoms with Crippen LogP contribution in [0.1, 0.15) is 63.0 Å². The average Bonchev–Trinajstić information content (AvgIpc) is 2.53. The van der Waals surface area contributed by atoms with E-state index in [0.717, 1.165) is 30.2 Å². The summed E-state index contributed by atoms with van der Waals surface area (Å²) >= 11 is 0. The topological polar surface area (TPSA) is 0 Å². The van der Waals surface area contributed by atoms with Gasteiger partial charge in [-0.2, -0.15) is 13.2 Å². The minimum Gasteiger partial charge on any atom is -0.206 e. The average molecular weight is 342 g/mol. The predicted molar refractivity (Wildman–Crippen MR) is 90.3 cm³/mol. The zero-order valence-electron chi connectivity index (χ0n) is 14.2. The Balaban J connectivity index is 1.81. The van der Waals surface area contributed by atoms with Gasteiger partial charge in [-0.1, -0.05) is 69.7 Å². The Bertz CT molecular complexity index is 520. The highest BCUT2D eigenvalue weighted by Gasteiger charge is 2.25. The molecule has 4 heteroatoms. The number of allylic oxidation sites excluding steroid dienone is 1. The van der Waals surface area contributed by atoms with E-state index in [-0.39, 0.29) is 11.6 Å². The molecule has 0 radical (unpaired) electrons. The number of hydrogen-bond acceptors (Lipinski definition) is 0. The van der Waals surface area contributed by atoms with Crippen molar-refractivity contribution in [2.24, 2.45) is 11.8 Å². The van der Waals surface area contributed by atoms with Crippen molar-refractivity contribution in [1.29, 1.82) is 0 Å². The summed E-state index contributed by atoms with van der Waals surface area (Å²) in [4.78, 5) is 0. The van der Waals surface area contributed by atoms with Crippen LogP contribution in [0.2, 0.25) is 0 Å². The smallest absolute Gasteiger partial charge is 0.206 e. The molecule has 0 spiro atoms. The lowest BCUT2D eigenvalue weighted by molar-refractivity contribution is -0.0798. The number of hydrogen-bond donors (Lipinski definition) is 0. The second-order valence-corrected chi connectivity index (χ2v) is 6.94. The molecule has 0 nitrogen and oxygen atoms in total. The van der Waals surface area contributed by atoms with Crippen LogP contribution in [-0.4, -0.2) is 6.18 Å². The lowest BCUT2D eigenvalue weighted by atomic mass is 9.78. The van der Waals surface area contributed by atoms with Crippen LogP contribution in [-0.2, 0) is 6.42 Å². The first kappa shape index (κ1) is 19.0. The van der Waals surface area contributed by atoms with Gasteiger partial charge in [-0.25, -0.2) is 4.39 Å². The summed E-state index contributed by atoms with van der Waals surface area (Å²) in [6.45, 7) is 2.24. The molecule has 1 saturated carbocycles. The third-order valence-corrected chi connectivity index (χ3v) is 5.02. The van der Waals surface area contributed by atoms with Crippen molar-refractivity contribution in [3.63, 3.8) is 0 Å². The molecule has 24 heavy (non-hydrogen) atoms. The maximum absolute atomic E-state index is 13.5. The van der Waals surface area contributed by atoms with E-state index in [2.05, 4.69) is 6.92 Å². The van der Waals surface area contributed by atoms with Crippen LogP contribution in [0.25, 0.3) is 5.83 Å². The highest BCUT2D eigenvalue weighted by Crippen LogP contribution is 2.34. The van der Waals surface area contributed by atoms with Crippen molar-refractivity contribution in [1.82, 2.24) is 0 Å². The van der Waals surface area contributed by atoms with Crippen molar-refractivity contribution in [2.45, 2.75) is 64.5 Å². The molecule has 0 atom stereocenters. The summed E-state index contributed by atoms with van der Waals surface area (Å²) in [5.74, 6) is 0.414. The van der Waals surface area contributed by atoms with Gasteiger partial charge in [0.05, 0.1) is 6.08 Å². The van der Waals surface area contributed by atoms with Gasteiger partial charge < -0.3 is 0 Å². The molecule has 0 aliphatic heterocycles. The molecule has 0 unspecified atom stereocenters. The fraction of sp³-hybridized carbons (Fsp3) is 0.600. The van der Waals surface area contributed by atoms with Gasteiger partial charge in [0.1, 0.15) is 5.83 Å². The molecule has 0 saturated heterocycles. The monoisotopic (exact) mass is 342 g/mol. The lowest BCUT2D eigenvalue weighted by Crippen LogP contribution is -2.15. The Hall–Kier alpha value is -1.32. The zero-order valence-corrected chi connectivity index (χ0v) is 14.2. The van der Waals surface area contributed by atoms with Gasteiger partial charge in [-0.05, 0) is 30.2 Å². The van der Waals surface area contributed by atoms with Crippen molar-refractivity contribution >= 4 is 5.83 Å². The molecule has 1 aromatic rings. The van der Waals surface area contributed by atoms with E-state index in [9.17, 15) is 17.6 Å². The molecule has 134 valence electrons. The molecule has 1 aromatic carbocycles. The van der Waals surface area contributed by atoms with Gasteiger partial charge in [0, 0.05) is 5.56 Å². The summed E-state index contributed by atoms with van der Waals surface area (Å²) in [6, 6.07) is 6.35. The molecule has 2 rings (SSSR count). The summed E-state index contributed by atoms with van der Waals surface area (Å²) in [7, 11) is 0. The van der Waals surface area contributed by atoms with Crippen LogP contribution in [0.5, 0.6) is 0 Å². The maximum Gasteiger partial charge on any atom is 0.412 e. The van der Waals surface area contributed by atoms with Gasteiger partial charge in [-0.15, -0.1) is 0 Å². The molecule has 0 bridgehead atoms. The predicted octanol–water partition coefficient (Wildman–Crippen LogP) is 7.10. The number of halogens is 4. The van der Waals surface area contributed by atoms with Crippen LogP contribution >= 0.6 is 0 Å². The summed E-state index contributed by atoms with van der Waals surface area (Å²) in [5, 5.41) is 0. The van der Waals surface area contributed by atoms with E-state index >= 15 is 0 Å². The van der Waals surface area contributed by atoms with Crippen molar-refractivity contribution in [3.05, 3.63) is 41.5 Å². The van der Waals surface area contributed by atoms with Crippen molar-refractivity contribution in [3.8, 4) is 0 Å². The van der Waals surface area contributed by atoms with Crippen LogP contribution in [0, 0.1) is 11.8 Å². The van der Waals surface area contributed by atoms with Crippen LogP contribution in [0.3, 0.4) is 0 Å². The fourth-order valence-corrected chi connectivity index (χ4v) is 3.65. The van der Waals surface area contributed by atoms with Crippen molar-refractivity contribution in [2.75, 3.05) is 0 Å². The minimum atomic E-state index is -4.63. The van der Waals surface area contributed by atoms with Gasteiger partial charge >= 0.3 is 6.18 Å². The zero-order chi connectivity index (χ0) is 17.6. The fourth-order valence-electron chi connectivity index (χ4n) is 3.65. The second-order valence-electron chi connectivity index (χ2n) is 6.94. The lowest BCUT2D eigenvalue weighted by Gasteiger charge is -2.28. The van der Waals surface area contributed by atoms with E-state index in [1.165, 1.54) is 50.7 Å². The normalized spacial score (nSPS) is 22.6. The minimum absolute atomic E-state index is 0.0175. The standard InChI is InChI=1S/C20H26F4/c1-2-3-15-4-6-16(7-5-15)8-9-17-10-12-18(13-11-17)19(21)14-20(22,23)24/h10-16H,2-9H2,1H3. The van der Waals surface area contributed by atoms with E-state index in [4.69, 9.17) is 0 Å². The Kier molecular flexibility index (Phi) is 6.88. The van der Waals surface area contributed by atoms with Crippen LogP contribution < -0.4 is 0 Å². The highest BCUT2D eigenvalue weighted by atomic mass is 19.4. The molecule has 0 amide bonds. The maximum atomic E-state index is 13.5. The third-order valence-electron chi connectivity index (χ3n) is 5.02. The molecule has 0 heterocycles. The SMILES string of the molecule is CCCC1CCC(CCc2ccc(C(F)=CC(F)(F)F)cc2)CC1. The first-order valence-electron chi connectivity index (χ1n) is 8.91. The molecule has 0 N–H and O–H groups in total. The first-order chi connectivity index (χ1) is 11.4. The first-order valence-corrected chi connectivity index (χ1v) is 8.91. The largest absolute Gasteiger partial charge is 0.412 e. The number of alkyl halides is 3. The molecule has 1 fully saturated rings. The molecule has 0 aromatic heterocycles. The molecular formula is C20H26F4. The summed E-state index contributed by atoms with van der Waals surface area (Å²) in [6.07, 6.45) is 4.92. The number of rotatable bonds is 6. The Morgan fingerprint density at radius 2 is 1.54 bits per heavy atom. The Morgan fingerprint density at radius 1 is 1.00 bits per heavy atom. The molecule has 1 aliphatic rings. The summed E-state index contributed by atoms with van der Waals surface area (Å²) < 4.78 is 50.0. The van der Waals surface area contributed by atoms with E-state index in [1.807, 2.05) is 0 Å². The number of benzene rings is 1. The van der Waals surface area contributed by atoms with Crippen molar-refractivity contribution < 1.29 is 17.6 Å². The quantitative estimate of drug-likeness (QED) is 0.484. The van der Waals surface area contributed by atoms with E-state index in [1.54, 1.807) is 12.1 Å². The number of aryl methyl sites for hydroxylation is 1. The van der Waals surface area contributed by atoms with Gasteiger partial charge in [0.25, 0.3) is 0 Å². The molecular weight excluding hydrogens is 316 g/mol. The van der Waals surface area contributed by atoms with Crippen LogP contribution in [0.15, 0.2) is 30.3 Å². The highest BCUT2D eigenvalue weighted by molar-refractivity contribution is 5.59. The molecule has 1 aliphatic carbocycles. The Labute approximate surface area is 142 Å². The van der Waals surface area contributed by atoms with E-state index in [0.29, 0.717) is 0 Å².